The van der Waals surface area contributed by atoms with Gasteiger partial charge in [0.1, 0.15) is 0 Å². The first-order chi connectivity index (χ1) is 7.21. The Hall–Kier alpha value is -0.0700. The van der Waals surface area contributed by atoms with Crippen LogP contribution in [0.15, 0.2) is 11.8 Å². The van der Waals surface area contributed by atoms with Crippen molar-refractivity contribution in [1.29, 1.82) is 0 Å². The van der Waals surface area contributed by atoms with Crippen molar-refractivity contribution in [3.63, 3.8) is 0 Å². The van der Waals surface area contributed by atoms with E-state index in [1.165, 1.54) is 0 Å². The van der Waals surface area contributed by atoms with Crippen LogP contribution in [0.2, 0.25) is 0 Å². The molecule has 0 spiro atoms. The van der Waals surface area contributed by atoms with Crippen LogP contribution in [-0.2, 0) is 19.0 Å². The smallest absolute Gasteiger partial charge is 0.877 e. The average Bonchev–Trinajstić information content (AvgIpc) is 2.20. The molecule has 0 unspecified atom stereocenters. The number of hydrogen-bond acceptors (Lipinski definition) is 5. The number of carbonyl (C=O) groups excluding carboxylic acids is 1. The van der Waals surface area contributed by atoms with Gasteiger partial charge in [-0.2, -0.15) is 0 Å². The van der Waals surface area contributed by atoms with Crippen molar-refractivity contribution >= 4 is 5.97 Å². The van der Waals surface area contributed by atoms with Gasteiger partial charge in [0.05, 0.1) is 12.2 Å². The van der Waals surface area contributed by atoms with Crippen molar-refractivity contribution in [2.24, 2.45) is 0 Å². The van der Waals surface area contributed by atoms with E-state index in [1.807, 2.05) is 0 Å². The van der Waals surface area contributed by atoms with Crippen LogP contribution in [0.3, 0.4) is 0 Å². The van der Waals surface area contributed by atoms with Gasteiger partial charge in [0.2, 0.25) is 0 Å². The molecule has 0 N–H and O–H groups in total. The maximum Gasteiger partial charge on any atom is 1.00 e. The molecule has 0 radical (unpaired) electrons. The molecule has 0 saturated heterocycles. The maximum absolute atomic E-state index is 11.3. The van der Waals surface area contributed by atoms with E-state index >= 15 is 0 Å². The van der Waals surface area contributed by atoms with Crippen molar-refractivity contribution in [1.82, 2.24) is 0 Å². The Morgan fingerprint density at radius 2 is 1.69 bits per heavy atom. The molecule has 0 amide bonds. The first kappa shape index (κ1) is 18.3. The Morgan fingerprint density at radius 3 is 2.00 bits per heavy atom. The molecular weight excluding hydrogens is 223 g/mol. The van der Waals surface area contributed by atoms with Gasteiger partial charge in [0.25, 0.3) is 0 Å². The second-order valence-electron chi connectivity index (χ2n) is 2.54. The van der Waals surface area contributed by atoms with Gasteiger partial charge in [-0.3, -0.25) is 0 Å². The summed E-state index contributed by atoms with van der Waals surface area (Å²) in [4.78, 5) is 11.3. The molecule has 0 aliphatic carbocycles. The van der Waals surface area contributed by atoms with Crippen LogP contribution in [0.25, 0.3) is 0 Å². The van der Waals surface area contributed by atoms with Crippen LogP contribution in [0.1, 0.15) is 20.8 Å². The second kappa shape index (κ2) is 11.4. The van der Waals surface area contributed by atoms with Crippen LogP contribution < -0.4 is 34.7 Å². The van der Waals surface area contributed by atoms with Gasteiger partial charge >= 0.3 is 35.5 Å². The number of ether oxygens (including phenoxy) is 3. The molecule has 0 aromatic heterocycles. The summed E-state index contributed by atoms with van der Waals surface area (Å²) >= 11 is 0. The molecule has 0 rings (SSSR count). The van der Waals surface area contributed by atoms with Crippen LogP contribution in [-0.4, -0.2) is 32.1 Å². The van der Waals surface area contributed by atoms with Crippen LogP contribution in [0, 0.1) is 0 Å². The maximum atomic E-state index is 11.3. The summed E-state index contributed by atoms with van der Waals surface area (Å²) in [6, 6.07) is 0. The normalized spacial score (nSPS) is 11.1. The van der Waals surface area contributed by atoms with Crippen molar-refractivity contribution in [2.75, 3.05) is 19.8 Å². The standard InChI is InChI=1S/C10H18O5.Na/c1-4-13-9(12)8(7-11)10(14-5-2)15-6-3;/h7,10-11H,4-6H2,1-3H3;/q;+1/p-1/b8-7-;. The van der Waals surface area contributed by atoms with Gasteiger partial charge < -0.3 is 19.3 Å². The molecular formula is C10H17NaO5. The van der Waals surface area contributed by atoms with Crippen molar-refractivity contribution in [3.05, 3.63) is 11.8 Å². The Balaban J connectivity index is 0. The summed E-state index contributed by atoms with van der Waals surface area (Å²) in [5, 5.41) is 10.7. The van der Waals surface area contributed by atoms with E-state index in [1.54, 1.807) is 20.8 Å². The summed E-state index contributed by atoms with van der Waals surface area (Å²) in [7, 11) is 0. The summed E-state index contributed by atoms with van der Waals surface area (Å²) < 4.78 is 14.9. The molecule has 0 bridgehead atoms. The largest absolute Gasteiger partial charge is 1.00 e. The third kappa shape index (κ3) is 6.50. The predicted octanol–water partition coefficient (Wildman–Crippen LogP) is -2.80. The second-order valence-corrected chi connectivity index (χ2v) is 2.54. The predicted molar refractivity (Wildman–Crippen MR) is 51.8 cm³/mol. The fraction of sp³-hybridized carbons (Fsp3) is 0.700. The Labute approximate surface area is 118 Å². The monoisotopic (exact) mass is 240 g/mol. The Kier molecular flexibility index (Phi) is 13.1. The van der Waals surface area contributed by atoms with E-state index in [-0.39, 0.29) is 41.7 Å². The third-order valence-corrected chi connectivity index (χ3v) is 1.53. The molecule has 0 aliphatic heterocycles. The zero-order valence-corrected chi connectivity index (χ0v) is 12.3. The minimum Gasteiger partial charge on any atom is -0.877 e. The van der Waals surface area contributed by atoms with Crippen LogP contribution >= 0.6 is 0 Å². The summed E-state index contributed by atoms with van der Waals surface area (Å²) in [6.45, 7) is 6.07. The van der Waals surface area contributed by atoms with Crippen LogP contribution in [0.5, 0.6) is 0 Å². The van der Waals surface area contributed by atoms with Crippen LogP contribution in [0.4, 0.5) is 0 Å². The van der Waals surface area contributed by atoms with Gasteiger partial charge in [-0.05, 0) is 20.8 Å². The first-order valence-electron chi connectivity index (χ1n) is 4.93. The minimum absolute atomic E-state index is 0. The van der Waals surface area contributed by atoms with Crippen molar-refractivity contribution in [3.8, 4) is 0 Å². The van der Waals surface area contributed by atoms with Gasteiger partial charge in [0, 0.05) is 13.2 Å². The molecule has 0 aliphatic rings. The van der Waals surface area contributed by atoms with E-state index in [0.29, 0.717) is 19.5 Å². The van der Waals surface area contributed by atoms with Gasteiger partial charge in [0.15, 0.2) is 6.29 Å². The Morgan fingerprint density at radius 1 is 1.19 bits per heavy atom. The van der Waals surface area contributed by atoms with Gasteiger partial charge in [-0.1, -0.05) is 0 Å². The fourth-order valence-electron chi connectivity index (χ4n) is 0.945. The van der Waals surface area contributed by atoms with Crippen molar-refractivity contribution in [2.45, 2.75) is 27.1 Å². The van der Waals surface area contributed by atoms with Gasteiger partial charge in [-0.15, -0.1) is 6.26 Å². The zero-order valence-electron chi connectivity index (χ0n) is 10.3. The molecule has 0 saturated carbocycles. The van der Waals surface area contributed by atoms with E-state index < -0.39 is 12.3 Å². The van der Waals surface area contributed by atoms with E-state index in [2.05, 4.69) is 0 Å². The SMILES string of the molecule is CCOC(=O)/C(=C/[O-])C(OCC)OCC.[Na+]. The molecule has 0 aromatic rings. The van der Waals surface area contributed by atoms with E-state index in [4.69, 9.17) is 14.2 Å². The van der Waals surface area contributed by atoms with E-state index in [9.17, 15) is 9.90 Å². The molecule has 0 heterocycles. The molecule has 5 nitrogen and oxygen atoms in total. The topological polar surface area (TPSA) is 67.8 Å². The summed E-state index contributed by atoms with van der Waals surface area (Å²) in [5.41, 5.74) is -0.138. The third-order valence-electron chi connectivity index (χ3n) is 1.53. The fourth-order valence-corrected chi connectivity index (χ4v) is 0.945. The first-order valence-corrected chi connectivity index (χ1v) is 4.93. The molecule has 0 atom stereocenters. The van der Waals surface area contributed by atoms with E-state index in [0.717, 1.165) is 0 Å². The average molecular weight is 240 g/mol. The zero-order chi connectivity index (χ0) is 11.7. The molecule has 0 aromatic carbocycles. The number of carbonyl (C=O) groups is 1. The number of esters is 1. The van der Waals surface area contributed by atoms with Crippen molar-refractivity contribution < 1.29 is 53.7 Å². The molecule has 6 heteroatoms. The number of hydrogen-bond donors (Lipinski definition) is 0. The number of rotatable bonds is 7. The summed E-state index contributed by atoms with van der Waals surface area (Å²) in [5.74, 6) is -0.695. The van der Waals surface area contributed by atoms with Gasteiger partial charge in [-0.25, -0.2) is 4.79 Å². The Bertz CT molecular complexity index is 211. The quantitative estimate of drug-likeness (QED) is 0.158. The summed E-state index contributed by atoms with van der Waals surface area (Å²) in [6.07, 6.45) is -0.523. The minimum atomic E-state index is -0.934. The molecule has 16 heavy (non-hydrogen) atoms. The molecule has 0 fully saturated rings. The molecule has 88 valence electrons.